The SMILES string of the molecule is Cc1ccc(NC(=O)N(C)C)cc1Cl.Cn1nc(C(F)(F)F)c(CS(=O)(=O)C2=NOC(C)(C)C2)c1OC(F)F. The number of amides is 2. The van der Waals surface area contributed by atoms with Gasteiger partial charge >= 0.3 is 18.8 Å². The number of oxime groups is 1. The van der Waals surface area contributed by atoms with Crippen molar-refractivity contribution in [2.24, 2.45) is 12.2 Å². The third-order valence-corrected chi connectivity index (χ3v) is 7.06. The van der Waals surface area contributed by atoms with Gasteiger partial charge in [-0.2, -0.15) is 27.1 Å². The first kappa shape index (κ1) is 32.1. The highest BCUT2D eigenvalue weighted by Crippen LogP contribution is 2.38. The number of urea groups is 1. The second-order valence-corrected chi connectivity index (χ2v) is 11.6. The molecule has 1 aliphatic heterocycles. The van der Waals surface area contributed by atoms with E-state index >= 15 is 0 Å². The molecule has 2 aromatic rings. The number of carbonyl (C=O) groups is 1. The van der Waals surface area contributed by atoms with Crippen LogP contribution in [0.5, 0.6) is 5.88 Å². The van der Waals surface area contributed by atoms with Crippen LogP contribution >= 0.6 is 11.6 Å². The summed E-state index contributed by atoms with van der Waals surface area (Å²) in [5.74, 6) is -2.24. The van der Waals surface area contributed by atoms with Gasteiger partial charge in [0.25, 0.3) is 0 Å². The van der Waals surface area contributed by atoms with Gasteiger partial charge in [-0.1, -0.05) is 22.8 Å². The fourth-order valence-corrected chi connectivity index (χ4v) is 4.80. The average Bonchev–Trinajstić information content (AvgIpc) is 3.30. The van der Waals surface area contributed by atoms with Gasteiger partial charge < -0.3 is 19.8 Å². The van der Waals surface area contributed by atoms with Crippen LogP contribution in [0.3, 0.4) is 0 Å². The molecule has 3 rings (SSSR count). The number of hydrogen-bond acceptors (Lipinski definition) is 7. The Bertz CT molecular complexity index is 1340. The topological polar surface area (TPSA) is 115 Å². The van der Waals surface area contributed by atoms with Crippen LogP contribution in [-0.4, -0.2) is 60.5 Å². The number of alkyl halides is 5. The van der Waals surface area contributed by atoms with Gasteiger partial charge in [0.15, 0.2) is 20.6 Å². The number of aromatic nitrogens is 2. The summed E-state index contributed by atoms with van der Waals surface area (Å²) in [6.45, 7) is 1.54. The number of nitrogens with one attached hydrogen (secondary N) is 1. The Hall–Kier alpha value is -3.14. The fourth-order valence-electron chi connectivity index (χ4n) is 3.09. The minimum Gasteiger partial charge on any atom is -0.417 e. The molecule has 2 amide bonds. The van der Waals surface area contributed by atoms with Gasteiger partial charge in [0.1, 0.15) is 5.60 Å². The predicted octanol–water partition coefficient (Wildman–Crippen LogP) is 5.21. The lowest BCUT2D eigenvalue weighted by Gasteiger charge is -2.13. The molecule has 0 atom stereocenters. The molecule has 0 spiro atoms. The van der Waals surface area contributed by atoms with Crippen molar-refractivity contribution in [2.45, 2.75) is 51.3 Å². The standard InChI is InChI=1S/C12H14F5N3O4S.C10H13ClN2O/c1-11(2)4-7(19-24-11)25(21,22)5-6-8(12(15,16)17)18-20(3)9(6)23-10(13)14;1-7-4-5-8(6-9(7)11)12-10(14)13(2)3/h10H,4-5H2,1-3H3;4-6H,1-3H3,(H,12,14). The molecule has 218 valence electrons. The molecule has 1 aliphatic rings. The zero-order chi connectivity index (χ0) is 29.9. The molecular formula is C22H27ClF5N5O5S. The van der Waals surface area contributed by atoms with Crippen LogP contribution in [0.2, 0.25) is 5.02 Å². The molecule has 10 nitrogen and oxygen atoms in total. The van der Waals surface area contributed by atoms with Crippen molar-refractivity contribution in [2.75, 3.05) is 19.4 Å². The highest BCUT2D eigenvalue weighted by molar-refractivity contribution is 8.05. The van der Waals surface area contributed by atoms with Crippen LogP contribution in [0.4, 0.5) is 32.4 Å². The number of carbonyl (C=O) groups excluding carboxylic acids is 1. The second kappa shape index (κ2) is 11.9. The predicted molar refractivity (Wildman–Crippen MR) is 134 cm³/mol. The van der Waals surface area contributed by atoms with E-state index in [1.165, 1.54) is 18.7 Å². The van der Waals surface area contributed by atoms with Crippen molar-refractivity contribution in [1.29, 1.82) is 0 Å². The quantitative estimate of drug-likeness (QED) is 0.469. The number of benzene rings is 1. The van der Waals surface area contributed by atoms with Crippen molar-refractivity contribution in [3.8, 4) is 5.88 Å². The summed E-state index contributed by atoms with van der Waals surface area (Å²) < 4.78 is 93.4. The van der Waals surface area contributed by atoms with Gasteiger partial charge in [0, 0.05) is 38.3 Å². The van der Waals surface area contributed by atoms with E-state index in [2.05, 4.69) is 20.3 Å². The van der Waals surface area contributed by atoms with Gasteiger partial charge in [-0.3, -0.25) is 0 Å². The van der Waals surface area contributed by atoms with E-state index in [0.717, 1.165) is 12.6 Å². The third kappa shape index (κ3) is 8.68. The van der Waals surface area contributed by atoms with Gasteiger partial charge in [-0.15, -0.1) is 0 Å². The number of ether oxygens (including phenoxy) is 1. The summed E-state index contributed by atoms with van der Waals surface area (Å²) in [5.41, 5.74) is -1.86. The number of aryl methyl sites for hydroxylation is 2. The monoisotopic (exact) mass is 603 g/mol. The van der Waals surface area contributed by atoms with Crippen LogP contribution in [0.1, 0.15) is 37.1 Å². The first-order valence-electron chi connectivity index (χ1n) is 11.0. The maximum absolute atomic E-state index is 13.1. The summed E-state index contributed by atoms with van der Waals surface area (Å²) in [7, 11) is -0.0609. The van der Waals surface area contributed by atoms with Gasteiger partial charge in [-0.05, 0) is 38.5 Å². The number of sulfone groups is 1. The summed E-state index contributed by atoms with van der Waals surface area (Å²) in [4.78, 5) is 17.6. The molecular weight excluding hydrogens is 577 g/mol. The molecule has 1 aromatic heterocycles. The third-order valence-electron chi connectivity index (χ3n) is 5.05. The van der Waals surface area contributed by atoms with Crippen LogP contribution in [-0.2, 0) is 33.7 Å². The molecule has 0 unspecified atom stereocenters. The number of rotatable bonds is 5. The molecule has 2 heterocycles. The number of hydrogen-bond donors (Lipinski definition) is 1. The lowest BCUT2D eigenvalue weighted by molar-refractivity contribution is -0.142. The number of anilines is 1. The molecule has 1 aromatic carbocycles. The molecule has 0 radical (unpaired) electrons. The van der Waals surface area contributed by atoms with E-state index in [4.69, 9.17) is 16.4 Å². The van der Waals surface area contributed by atoms with E-state index in [0.29, 0.717) is 15.4 Å². The molecule has 1 N–H and O–H groups in total. The molecule has 0 aliphatic carbocycles. The van der Waals surface area contributed by atoms with Crippen molar-refractivity contribution >= 4 is 38.2 Å². The summed E-state index contributed by atoms with van der Waals surface area (Å²) in [6, 6.07) is 5.26. The van der Waals surface area contributed by atoms with Crippen LogP contribution in [0.25, 0.3) is 0 Å². The number of halogens is 6. The van der Waals surface area contributed by atoms with E-state index in [1.54, 1.807) is 20.2 Å². The van der Waals surface area contributed by atoms with Gasteiger partial charge in [-0.25, -0.2) is 17.9 Å². The number of nitrogens with zero attached hydrogens (tertiary/aromatic N) is 4. The Morgan fingerprint density at radius 1 is 1.31 bits per heavy atom. The second-order valence-electron chi connectivity index (χ2n) is 9.19. The van der Waals surface area contributed by atoms with E-state index in [1.807, 2.05) is 19.1 Å². The highest BCUT2D eigenvalue weighted by atomic mass is 35.5. The van der Waals surface area contributed by atoms with Crippen LogP contribution < -0.4 is 10.1 Å². The lowest BCUT2D eigenvalue weighted by Crippen LogP contribution is -2.27. The summed E-state index contributed by atoms with van der Waals surface area (Å²) in [6.07, 6.45) is -5.22. The molecule has 0 fully saturated rings. The van der Waals surface area contributed by atoms with E-state index in [9.17, 15) is 35.2 Å². The van der Waals surface area contributed by atoms with Crippen molar-refractivity contribution < 1.29 is 44.7 Å². The minimum atomic E-state index is -5.06. The van der Waals surface area contributed by atoms with Crippen molar-refractivity contribution in [3.63, 3.8) is 0 Å². The molecule has 0 saturated heterocycles. The normalized spacial score (nSPS) is 14.7. The molecule has 39 heavy (non-hydrogen) atoms. The van der Waals surface area contributed by atoms with Crippen molar-refractivity contribution in [3.05, 3.63) is 40.0 Å². The first-order valence-corrected chi connectivity index (χ1v) is 13.1. The largest absolute Gasteiger partial charge is 0.435 e. The van der Waals surface area contributed by atoms with Crippen LogP contribution in [0, 0.1) is 6.92 Å². The average molecular weight is 604 g/mol. The summed E-state index contributed by atoms with van der Waals surface area (Å²) in [5, 5.41) is 9.34. The zero-order valence-electron chi connectivity index (χ0n) is 21.7. The highest BCUT2D eigenvalue weighted by Gasteiger charge is 2.43. The molecule has 0 saturated carbocycles. The first-order chi connectivity index (χ1) is 17.7. The van der Waals surface area contributed by atoms with Gasteiger partial charge in [0.05, 0.1) is 11.3 Å². The summed E-state index contributed by atoms with van der Waals surface area (Å²) >= 11 is 5.91. The Morgan fingerprint density at radius 3 is 2.38 bits per heavy atom. The maximum atomic E-state index is 13.1. The molecule has 0 bridgehead atoms. The minimum absolute atomic E-state index is 0.162. The Kier molecular flexibility index (Phi) is 9.82. The van der Waals surface area contributed by atoms with E-state index < -0.39 is 56.2 Å². The smallest absolute Gasteiger partial charge is 0.417 e. The Balaban J connectivity index is 0.000000322. The fraction of sp³-hybridized carbons (Fsp3) is 0.500. The Labute approximate surface area is 226 Å². The lowest BCUT2D eigenvalue weighted by atomic mass is 10.1. The zero-order valence-corrected chi connectivity index (χ0v) is 23.3. The van der Waals surface area contributed by atoms with E-state index in [-0.39, 0.29) is 12.5 Å². The maximum Gasteiger partial charge on any atom is 0.435 e. The van der Waals surface area contributed by atoms with Crippen molar-refractivity contribution in [1.82, 2.24) is 14.7 Å². The molecule has 17 heteroatoms. The van der Waals surface area contributed by atoms with Gasteiger partial charge in [0.2, 0.25) is 5.88 Å². The Morgan fingerprint density at radius 2 is 1.92 bits per heavy atom. The van der Waals surface area contributed by atoms with Crippen LogP contribution in [0.15, 0.2) is 23.4 Å².